The SMILES string of the molecule is CCN(C)c1cc(CN)ccn1.Cl.Cl. The molecule has 0 atom stereocenters. The molecule has 5 heteroatoms. The number of hydrogen-bond acceptors (Lipinski definition) is 3. The summed E-state index contributed by atoms with van der Waals surface area (Å²) in [7, 11) is 2.02. The first-order chi connectivity index (χ1) is 5.77. The normalized spacial score (nSPS) is 8.50. The van der Waals surface area contributed by atoms with E-state index in [1.165, 1.54) is 0 Å². The van der Waals surface area contributed by atoms with E-state index in [1.54, 1.807) is 6.20 Å². The van der Waals surface area contributed by atoms with Crippen LogP contribution in [0, 0.1) is 0 Å². The fourth-order valence-corrected chi connectivity index (χ4v) is 0.958. The lowest BCUT2D eigenvalue weighted by atomic mass is 10.2. The largest absolute Gasteiger partial charge is 0.360 e. The Morgan fingerprint density at radius 1 is 1.43 bits per heavy atom. The Morgan fingerprint density at radius 3 is 2.57 bits per heavy atom. The summed E-state index contributed by atoms with van der Waals surface area (Å²) in [5.74, 6) is 0.987. The van der Waals surface area contributed by atoms with Gasteiger partial charge in [0, 0.05) is 26.3 Å². The van der Waals surface area contributed by atoms with E-state index in [0.29, 0.717) is 6.54 Å². The van der Waals surface area contributed by atoms with Crippen LogP contribution in [-0.4, -0.2) is 18.6 Å². The minimum atomic E-state index is 0. The molecule has 0 saturated heterocycles. The van der Waals surface area contributed by atoms with E-state index in [4.69, 9.17) is 5.73 Å². The van der Waals surface area contributed by atoms with Crippen LogP contribution in [-0.2, 0) is 6.54 Å². The first-order valence-corrected chi connectivity index (χ1v) is 4.14. The number of aromatic nitrogens is 1. The predicted molar refractivity (Wildman–Crippen MR) is 65.6 cm³/mol. The van der Waals surface area contributed by atoms with Gasteiger partial charge in [0.2, 0.25) is 0 Å². The minimum Gasteiger partial charge on any atom is -0.360 e. The second-order valence-electron chi connectivity index (χ2n) is 2.74. The molecule has 3 nitrogen and oxygen atoms in total. The second kappa shape index (κ2) is 7.85. The number of halogens is 2. The second-order valence-corrected chi connectivity index (χ2v) is 2.74. The molecule has 0 aliphatic carbocycles. The third-order valence-electron chi connectivity index (χ3n) is 1.91. The maximum absolute atomic E-state index is 5.51. The van der Waals surface area contributed by atoms with Crippen LogP contribution in [0.3, 0.4) is 0 Å². The Labute approximate surface area is 97.5 Å². The van der Waals surface area contributed by atoms with Gasteiger partial charge in [-0.3, -0.25) is 0 Å². The molecule has 0 radical (unpaired) electrons. The zero-order chi connectivity index (χ0) is 8.97. The minimum absolute atomic E-state index is 0. The van der Waals surface area contributed by atoms with Crippen LogP contribution in [0.2, 0.25) is 0 Å². The maximum atomic E-state index is 5.51. The number of nitrogens with zero attached hydrogens (tertiary/aromatic N) is 2. The van der Waals surface area contributed by atoms with Gasteiger partial charge in [-0.2, -0.15) is 0 Å². The molecular formula is C9H17Cl2N3. The summed E-state index contributed by atoms with van der Waals surface area (Å²) in [4.78, 5) is 6.31. The van der Waals surface area contributed by atoms with Crippen molar-refractivity contribution in [3.05, 3.63) is 23.9 Å². The van der Waals surface area contributed by atoms with E-state index in [0.717, 1.165) is 17.9 Å². The fourth-order valence-electron chi connectivity index (χ4n) is 0.958. The summed E-state index contributed by atoms with van der Waals surface area (Å²) in [5.41, 5.74) is 6.64. The van der Waals surface area contributed by atoms with Gasteiger partial charge in [-0.1, -0.05) is 0 Å². The summed E-state index contributed by atoms with van der Waals surface area (Å²) < 4.78 is 0. The van der Waals surface area contributed by atoms with E-state index in [-0.39, 0.29) is 24.8 Å². The highest BCUT2D eigenvalue weighted by atomic mass is 35.5. The number of hydrogen-bond donors (Lipinski definition) is 1. The molecule has 82 valence electrons. The third kappa shape index (κ3) is 4.13. The standard InChI is InChI=1S/C9H15N3.2ClH/c1-3-12(2)9-6-8(7-10)4-5-11-9;;/h4-6H,3,7,10H2,1-2H3;2*1H. The Hall–Kier alpha value is -0.510. The summed E-state index contributed by atoms with van der Waals surface area (Å²) in [6.45, 7) is 3.63. The molecule has 1 aromatic rings. The fraction of sp³-hybridized carbons (Fsp3) is 0.444. The van der Waals surface area contributed by atoms with Gasteiger partial charge in [0.1, 0.15) is 5.82 Å². The molecule has 2 N–H and O–H groups in total. The first kappa shape index (κ1) is 15.9. The van der Waals surface area contributed by atoms with Crippen molar-refractivity contribution in [3.63, 3.8) is 0 Å². The summed E-state index contributed by atoms with van der Waals surface area (Å²) in [6.07, 6.45) is 1.80. The topological polar surface area (TPSA) is 42.1 Å². The molecule has 0 fully saturated rings. The monoisotopic (exact) mass is 237 g/mol. The van der Waals surface area contributed by atoms with Crippen LogP contribution < -0.4 is 10.6 Å². The first-order valence-electron chi connectivity index (χ1n) is 4.14. The summed E-state index contributed by atoms with van der Waals surface area (Å²) >= 11 is 0. The van der Waals surface area contributed by atoms with Crippen molar-refractivity contribution in [1.82, 2.24) is 4.98 Å². The Bertz CT molecular complexity index is 256. The lowest BCUT2D eigenvalue weighted by Crippen LogP contribution is -2.17. The molecule has 14 heavy (non-hydrogen) atoms. The molecule has 1 heterocycles. The van der Waals surface area contributed by atoms with Crippen molar-refractivity contribution in [2.75, 3.05) is 18.5 Å². The quantitative estimate of drug-likeness (QED) is 0.873. The molecule has 0 aliphatic rings. The van der Waals surface area contributed by atoms with Crippen LogP contribution in [0.25, 0.3) is 0 Å². The van der Waals surface area contributed by atoms with Gasteiger partial charge in [0.25, 0.3) is 0 Å². The van der Waals surface area contributed by atoms with E-state index < -0.39 is 0 Å². The van der Waals surface area contributed by atoms with Crippen molar-refractivity contribution in [3.8, 4) is 0 Å². The summed E-state index contributed by atoms with van der Waals surface area (Å²) in [5, 5.41) is 0. The van der Waals surface area contributed by atoms with E-state index in [1.807, 2.05) is 19.2 Å². The maximum Gasteiger partial charge on any atom is 0.128 e. The molecule has 1 rings (SSSR count). The highest BCUT2D eigenvalue weighted by Gasteiger charge is 1.99. The summed E-state index contributed by atoms with van der Waals surface area (Å²) in [6, 6.07) is 3.95. The average Bonchev–Trinajstić information content (AvgIpc) is 2.17. The van der Waals surface area contributed by atoms with Gasteiger partial charge in [-0.15, -0.1) is 24.8 Å². The van der Waals surface area contributed by atoms with Crippen molar-refractivity contribution < 1.29 is 0 Å². The van der Waals surface area contributed by atoms with E-state index >= 15 is 0 Å². The predicted octanol–water partition coefficient (Wildman–Crippen LogP) is 1.84. The van der Waals surface area contributed by atoms with Crippen molar-refractivity contribution in [2.45, 2.75) is 13.5 Å². The van der Waals surface area contributed by atoms with Crippen LogP contribution in [0.4, 0.5) is 5.82 Å². The lowest BCUT2D eigenvalue weighted by molar-refractivity contribution is 0.929. The smallest absolute Gasteiger partial charge is 0.128 e. The molecular weight excluding hydrogens is 221 g/mol. The van der Waals surface area contributed by atoms with Crippen molar-refractivity contribution in [2.24, 2.45) is 5.73 Å². The van der Waals surface area contributed by atoms with Crippen molar-refractivity contribution in [1.29, 1.82) is 0 Å². The Kier molecular flexibility index (Phi) is 8.94. The van der Waals surface area contributed by atoms with Crippen LogP contribution >= 0.6 is 24.8 Å². The number of nitrogens with two attached hydrogens (primary N) is 1. The van der Waals surface area contributed by atoms with Crippen LogP contribution in [0.15, 0.2) is 18.3 Å². The van der Waals surface area contributed by atoms with Crippen LogP contribution in [0.5, 0.6) is 0 Å². The number of pyridine rings is 1. The molecule has 0 bridgehead atoms. The van der Waals surface area contributed by atoms with Crippen molar-refractivity contribution >= 4 is 30.6 Å². The van der Waals surface area contributed by atoms with Gasteiger partial charge in [0.15, 0.2) is 0 Å². The number of anilines is 1. The zero-order valence-corrected chi connectivity index (χ0v) is 10.1. The van der Waals surface area contributed by atoms with Crippen LogP contribution in [0.1, 0.15) is 12.5 Å². The molecule has 1 aromatic heterocycles. The molecule has 0 unspecified atom stereocenters. The molecule has 0 aliphatic heterocycles. The molecule has 0 aromatic carbocycles. The average molecular weight is 238 g/mol. The molecule has 0 saturated carbocycles. The zero-order valence-electron chi connectivity index (χ0n) is 8.43. The molecule has 0 amide bonds. The molecule has 0 spiro atoms. The van der Waals surface area contributed by atoms with Gasteiger partial charge in [-0.25, -0.2) is 4.98 Å². The van der Waals surface area contributed by atoms with Gasteiger partial charge in [-0.05, 0) is 24.6 Å². The van der Waals surface area contributed by atoms with Gasteiger partial charge < -0.3 is 10.6 Å². The number of rotatable bonds is 3. The Morgan fingerprint density at radius 2 is 2.07 bits per heavy atom. The third-order valence-corrected chi connectivity index (χ3v) is 1.91. The highest BCUT2D eigenvalue weighted by molar-refractivity contribution is 5.85. The van der Waals surface area contributed by atoms with E-state index in [9.17, 15) is 0 Å². The lowest BCUT2D eigenvalue weighted by Gasteiger charge is -2.15. The van der Waals surface area contributed by atoms with Gasteiger partial charge in [0.05, 0.1) is 0 Å². The Balaban J connectivity index is 0. The highest BCUT2D eigenvalue weighted by Crippen LogP contribution is 2.09. The van der Waals surface area contributed by atoms with Gasteiger partial charge >= 0.3 is 0 Å². The van der Waals surface area contributed by atoms with E-state index in [2.05, 4.69) is 16.8 Å².